The zero-order chi connectivity index (χ0) is 23.0. The SMILES string of the molecule is CCOc1cnc(NC(C)=O)cc1Nc1cc(OC2CCC2)nc(C(C)(F)F)n1.CO. The van der Waals surface area contributed by atoms with E-state index < -0.39 is 11.7 Å². The largest absolute Gasteiger partial charge is 0.490 e. The maximum atomic E-state index is 13.9. The Labute approximate surface area is 179 Å². The highest BCUT2D eigenvalue weighted by molar-refractivity contribution is 5.88. The van der Waals surface area contributed by atoms with E-state index in [1.54, 1.807) is 6.92 Å². The minimum atomic E-state index is -3.24. The van der Waals surface area contributed by atoms with Gasteiger partial charge in [0, 0.05) is 33.1 Å². The number of aliphatic hydroxyl groups is 1. The smallest absolute Gasteiger partial charge is 0.304 e. The molecule has 1 saturated carbocycles. The Morgan fingerprint density at radius 1 is 1.26 bits per heavy atom. The highest BCUT2D eigenvalue weighted by atomic mass is 19.3. The molecule has 9 nitrogen and oxygen atoms in total. The number of halogens is 2. The summed E-state index contributed by atoms with van der Waals surface area (Å²) < 4.78 is 39.0. The number of nitrogens with one attached hydrogen (secondary N) is 2. The zero-order valence-corrected chi connectivity index (χ0v) is 17.9. The number of ether oxygens (including phenoxy) is 2. The Bertz CT molecular complexity index is 888. The standard InChI is InChI=1S/C19H23F2N5O3.CH4O/c1-4-28-14-10-22-15(23-11(2)27)8-13(14)24-16-9-17(29-12-6-5-7-12)26-18(25-16)19(3,20)21;1-2/h8-10,12H,4-7H2,1-3H3,(H2,22,23,24,25,26,27);2H,1H3. The van der Waals surface area contributed by atoms with Crippen LogP contribution in [0.15, 0.2) is 18.3 Å². The Kier molecular flexibility index (Phi) is 8.43. The van der Waals surface area contributed by atoms with Crippen LogP contribution in [0.3, 0.4) is 0 Å². The number of amides is 1. The van der Waals surface area contributed by atoms with E-state index in [1.807, 2.05) is 0 Å². The van der Waals surface area contributed by atoms with Crippen LogP contribution in [-0.2, 0) is 10.7 Å². The Morgan fingerprint density at radius 2 is 1.97 bits per heavy atom. The van der Waals surface area contributed by atoms with Crippen molar-refractivity contribution >= 4 is 23.2 Å². The summed E-state index contributed by atoms with van der Waals surface area (Å²) in [6, 6.07) is 2.99. The Balaban J connectivity index is 0.00000166. The van der Waals surface area contributed by atoms with Crippen molar-refractivity contribution in [2.45, 2.75) is 52.1 Å². The van der Waals surface area contributed by atoms with Gasteiger partial charge in [-0.25, -0.2) is 9.97 Å². The number of aromatic nitrogens is 3. The number of alkyl halides is 2. The Hall–Kier alpha value is -3.08. The fourth-order valence-electron chi connectivity index (χ4n) is 2.60. The minimum absolute atomic E-state index is 0.0256. The molecule has 1 aliphatic carbocycles. The van der Waals surface area contributed by atoms with E-state index in [2.05, 4.69) is 25.6 Å². The van der Waals surface area contributed by atoms with E-state index in [4.69, 9.17) is 14.6 Å². The third-order valence-corrected chi connectivity index (χ3v) is 4.17. The van der Waals surface area contributed by atoms with Crippen molar-refractivity contribution in [1.82, 2.24) is 15.0 Å². The van der Waals surface area contributed by atoms with Crippen LogP contribution >= 0.6 is 0 Å². The third-order valence-electron chi connectivity index (χ3n) is 4.17. The Morgan fingerprint density at radius 3 is 2.52 bits per heavy atom. The lowest BCUT2D eigenvalue weighted by Crippen LogP contribution is -2.26. The molecule has 11 heteroatoms. The molecular formula is C20H27F2N5O4. The molecule has 0 aliphatic heterocycles. The van der Waals surface area contributed by atoms with Gasteiger partial charge in [-0.2, -0.15) is 13.8 Å². The van der Waals surface area contributed by atoms with Gasteiger partial charge in [0.15, 0.2) is 5.75 Å². The van der Waals surface area contributed by atoms with Gasteiger partial charge >= 0.3 is 5.92 Å². The van der Waals surface area contributed by atoms with Crippen LogP contribution in [0.5, 0.6) is 11.6 Å². The summed E-state index contributed by atoms with van der Waals surface area (Å²) in [4.78, 5) is 23.2. The summed E-state index contributed by atoms with van der Waals surface area (Å²) in [5.74, 6) is -3.32. The molecular weight excluding hydrogens is 412 g/mol. The lowest BCUT2D eigenvalue weighted by Gasteiger charge is -2.26. The number of anilines is 3. The topological polar surface area (TPSA) is 118 Å². The number of hydrogen-bond acceptors (Lipinski definition) is 8. The molecule has 0 atom stereocenters. The second-order valence-corrected chi connectivity index (χ2v) is 6.78. The van der Waals surface area contributed by atoms with Crippen molar-refractivity contribution in [2.75, 3.05) is 24.4 Å². The molecule has 1 aliphatic rings. The predicted molar refractivity (Wildman–Crippen MR) is 111 cm³/mol. The van der Waals surface area contributed by atoms with Gasteiger partial charge in [-0.1, -0.05) is 0 Å². The lowest BCUT2D eigenvalue weighted by atomic mass is 9.96. The van der Waals surface area contributed by atoms with Crippen LogP contribution < -0.4 is 20.1 Å². The second-order valence-electron chi connectivity index (χ2n) is 6.78. The molecule has 0 unspecified atom stereocenters. The molecule has 0 aromatic carbocycles. The molecule has 1 amide bonds. The van der Waals surface area contributed by atoms with E-state index in [0.717, 1.165) is 33.3 Å². The third kappa shape index (κ3) is 6.99. The summed E-state index contributed by atoms with van der Waals surface area (Å²) in [5, 5.41) is 12.5. The summed E-state index contributed by atoms with van der Waals surface area (Å²) in [6.07, 6.45) is 4.17. The molecule has 0 spiro atoms. The van der Waals surface area contributed by atoms with Crippen molar-refractivity contribution < 1.29 is 28.2 Å². The molecule has 3 N–H and O–H groups in total. The molecule has 2 aromatic rings. The average Bonchev–Trinajstić information content (AvgIpc) is 2.67. The van der Waals surface area contributed by atoms with Crippen LogP contribution in [0.4, 0.5) is 26.1 Å². The van der Waals surface area contributed by atoms with Gasteiger partial charge in [-0.15, -0.1) is 0 Å². The van der Waals surface area contributed by atoms with Crippen molar-refractivity contribution in [2.24, 2.45) is 0 Å². The summed E-state index contributed by atoms with van der Waals surface area (Å²) in [6.45, 7) is 4.26. The minimum Gasteiger partial charge on any atom is -0.490 e. The molecule has 1 fully saturated rings. The maximum Gasteiger partial charge on any atom is 0.304 e. The van der Waals surface area contributed by atoms with Crippen molar-refractivity contribution in [1.29, 1.82) is 0 Å². The normalized spacial score (nSPS) is 13.4. The molecule has 31 heavy (non-hydrogen) atoms. The number of rotatable bonds is 8. The number of nitrogens with zero attached hydrogens (tertiary/aromatic N) is 3. The quantitative estimate of drug-likeness (QED) is 0.571. The molecule has 2 heterocycles. The number of carbonyl (C=O) groups is 1. The first-order valence-electron chi connectivity index (χ1n) is 9.81. The molecule has 0 saturated heterocycles. The van der Waals surface area contributed by atoms with Gasteiger partial charge in [-0.05, 0) is 26.2 Å². The highest BCUT2D eigenvalue weighted by Crippen LogP contribution is 2.33. The van der Waals surface area contributed by atoms with Gasteiger partial charge < -0.3 is 25.2 Å². The summed E-state index contributed by atoms with van der Waals surface area (Å²) in [5.41, 5.74) is 0.407. The summed E-state index contributed by atoms with van der Waals surface area (Å²) in [7, 11) is 1.00. The van der Waals surface area contributed by atoms with E-state index in [0.29, 0.717) is 18.0 Å². The van der Waals surface area contributed by atoms with Crippen LogP contribution in [0.1, 0.15) is 45.9 Å². The van der Waals surface area contributed by atoms with Crippen LogP contribution in [-0.4, -0.2) is 45.8 Å². The van der Waals surface area contributed by atoms with Gasteiger partial charge in [-0.3, -0.25) is 4.79 Å². The first-order chi connectivity index (χ1) is 14.7. The predicted octanol–water partition coefficient (Wildman–Crippen LogP) is 3.62. The van der Waals surface area contributed by atoms with Gasteiger partial charge in [0.1, 0.15) is 17.7 Å². The number of pyridine rings is 1. The van der Waals surface area contributed by atoms with Crippen molar-refractivity contribution in [3.63, 3.8) is 0 Å². The van der Waals surface area contributed by atoms with Crippen molar-refractivity contribution in [3.8, 4) is 11.6 Å². The van der Waals surface area contributed by atoms with Gasteiger partial charge in [0.05, 0.1) is 18.5 Å². The fourth-order valence-corrected chi connectivity index (χ4v) is 2.60. The maximum absolute atomic E-state index is 13.9. The fraction of sp³-hybridized carbons (Fsp3) is 0.500. The number of carbonyl (C=O) groups excluding carboxylic acids is 1. The average molecular weight is 439 g/mol. The monoisotopic (exact) mass is 439 g/mol. The first-order valence-corrected chi connectivity index (χ1v) is 9.81. The first kappa shape index (κ1) is 24.2. The molecule has 170 valence electrons. The number of hydrogen-bond donors (Lipinski definition) is 3. The van der Waals surface area contributed by atoms with Gasteiger partial charge in [0.25, 0.3) is 0 Å². The second kappa shape index (κ2) is 10.8. The van der Waals surface area contributed by atoms with Crippen LogP contribution in [0, 0.1) is 0 Å². The molecule has 2 aromatic heterocycles. The van der Waals surface area contributed by atoms with Gasteiger partial charge in [0.2, 0.25) is 17.6 Å². The van der Waals surface area contributed by atoms with E-state index in [9.17, 15) is 13.6 Å². The lowest BCUT2D eigenvalue weighted by molar-refractivity contribution is -0.114. The van der Waals surface area contributed by atoms with Crippen LogP contribution in [0.25, 0.3) is 0 Å². The van der Waals surface area contributed by atoms with E-state index >= 15 is 0 Å². The zero-order valence-electron chi connectivity index (χ0n) is 17.9. The molecule has 0 bridgehead atoms. The van der Waals surface area contributed by atoms with E-state index in [1.165, 1.54) is 25.3 Å². The molecule has 3 rings (SSSR count). The van der Waals surface area contributed by atoms with E-state index in [-0.39, 0.29) is 29.5 Å². The summed E-state index contributed by atoms with van der Waals surface area (Å²) >= 11 is 0. The van der Waals surface area contributed by atoms with Crippen molar-refractivity contribution in [3.05, 3.63) is 24.2 Å². The molecule has 0 radical (unpaired) electrons. The van der Waals surface area contributed by atoms with Crippen LogP contribution in [0.2, 0.25) is 0 Å². The highest BCUT2D eigenvalue weighted by Gasteiger charge is 2.30. The number of aliphatic hydroxyl groups excluding tert-OH is 1.